The number of aromatic nitrogens is 2. The number of amides is 1. The first kappa shape index (κ1) is 24.3. The molecule has 1 heterocycles. The molecule has 0 radical (unpaired) electrons. The minimum Gasteiger partial charge on any atom is -0.373 e. The normalized spacial score (nSPS) is 11.5. The first-order valence-corrected chi connectivity index (χ1v) is 11.0. The summed E-state index contributed by atoms with van der Waals surface area (Å²) in [6, 6.07) is 16.1. The van der Waals surface area contributed by atoms with Gasteiger partial charge >= 0.3 is 0 Å². The lowest BCUT2D eigenvalue weighted by atomic mass is 10.1. The number of nitro groups is 1. The van der Waals surface area contributed by atoms with Crippen LogP contribution < -0.4 is 10.6 Å². The van der Waals surface area contributed by atoms with Crippen molar-refractivity contribution in [2.75, 3.05) is 10.6 Å². The first-order valence-electron chi connectivity index (χ1n) is 11.0. The molecule has 0 aliphatic heterocycles. The summed E-state index contributed by atoms with van der Waals surface area (Å²) in [6.07, 6.45) is 3.11. The highest BCUT2D eigenvalue weighted by atomic mass is 19.1. The lowest BCUT2D eigenvalue weighted by Crippen LogP contribution is -2.13. The monoisotopic (exact) mass is 487 g/mol. The van der Waals surface area contributed by atoms with Gasteiger partial charge in [0.15, 0.2) is 5.82 Å². The highest BCUT2D eigenvalue weighted by Crippen LogP contribution is 2.30. The molecule has 0 aliphatic carbocycles. The van der Waals surface area contributed by atoms with Gasteiger partial charge in [0, 0.05) is 48.4 Å². The second-order valence-electron chi connectivity index (χ2n) is 8.13. The number of ketones is 1. The van der Waals surface area contributed by atoms with E-state index in [0.29, 0.717) is 11.3 Å². The number of carbonyl (C=O) groups excluding carboxylic acids is 2. The third kappa shape index (κ3) is 5.27. The van der Waals surface area contributed by atoms with Gasteiger partial charge < -0.3 is 15.2 Å². The Balaban J connectivity index is 1.47. The summed E-state index contributed by atoms with van der Waals surface area (Å²) in [6.45, 7) is 1.84. The number of aryl methyl sites for hydroxylation is 1. The van der Waals surface area contributed by atoms with Crippen molar-refractivity contribution < 1.29 is 18.9 Å². The van der Waals surface area contributed by atoms with Crippen LogP contribution in [0.5, 0.6) is 0 Å². The smallest absolute Gasteiger partial charge is 0.293 e. The number of nitrogens with zero attached hydrogens (tertiary/aromatic N) is 3. The Morgan fingerprint density at radius 2 is 1.69 bits per heavy atom. The average molecular weight is 487 g/mol. The first-order chi connectivity index (χ1) is 17.2. The molecule has 10 heteroatoms. The van der Waals surface area contributed by atoms with E-state index in [0.717, 1.165) is 5.56 Å². The molecule has 0 spiro atoms. The Morgan fingerprint density at radius 3 is 2.31 bits per heavy atom. The number of benzene rings is 3. The van der Waals surface area contributed by atoms with Crippen LogP contribution in [0.15, 0.2) is 79.1 Å². The SMILES string of the molecule is CC(Nc1ccc(C(=O)c2nccn2C)cc1[N+](=O)[O-])c1ccc(NC(=O)c2ccc(F)cc2)cc1. The molecule has 182 valence electrons. The number of nitrogens with one attached hydrogen (secondary N) is 2. The van der Waals surface area contributed by atoms with Gasteiger partial charge in [-0.2, -0.15) is 0 Å². The fourth-order valence-corrected chi connectivity index (χ4v) is 3.64. The van der Waals surface area contributed by atoms with Crippen LogP contribution in [-0.2, 0) is 7.05 Å². The number of carbonyl (C=O) groups is 2. The van der Waals surface area contributed by atoms with Gasteiger partial charge in [-0.25, -0.2) is 9.37 Å². The van der Waals surface area contributed by atoms with Crippen LogP contribution in [0, 0.1) is 15.9 Å². The van der Waals surface area contributed by atoms with E-state index in [1.165, 1.54) is 48.7 Å². The summed E-state index contributed by atoms with van der Waals surface area (Å²) in [5, 5.41) is 17.6. The topological polar surface area (TPSA) is 119 Å². The molecule has 0 saturated carbocycles. The second kappa shape index (κ2) is 10.2. The zero-order valence-electron chi connectivity index (χ0n) is 19.4. The quantitative estimate of drug-likeness (QED) is 0.202. The van der Waals surface area contributed by atoms with Crippen LogP contribution in [0.1, 0.15) is 45.1 Å². The zero-order valence-corrected chi connectivity index (χ0v) is 19.4. The Morgan fingerprint density at radius 1 is 1.03 bits per heavy atom. The van der Waals surface area contributed by atoms with Crippen molar-refractivity contribution >= 4 is 28.8 Å². The van der Waals surface area contributed by atoms with Gasteiger partial charge in [-0.05, 0) is 61.0 Å². The van der Waals surface area contributed by atoms with Gasteiger partial charge in [0.25, 0.3) is 11.6 Å². The molecular formula is C26H22FN5O4. The molecule has 1 unspecified atom stereocenters. The number of anilines is 2. The molecule has 4 aromatic rings. The van der Waals surface area contributed by atoms with Crippen LogP contribution in [-0.4, -0.2) is 26.2 Å². The van der Waals surface area contributed by atoms with Crippen LogP contribution in [0.3, 0.4) is 0 Å². The van der Waals surface area contributed by atoms with Gasteiger partial charge in [0.2, 0.25) is 5.78 Å². The largest absolute Gasteiger partial charge is 0.373 e. The summed E-state index contributed by atoms with van der Waals surface area (Å²) in [5.41, 5.74) is 1.88. The molecule has 36 heavy (non-hydrogen) atoms. The summed E-state index contributed by atoms with van der Waals surface area (Å²) >= 11 is 0. The number of halogens is 1. The Labute approximate surface area is 205 Å². The lowest BCUT2D eigenvalue weighted by Gasteiger charge is -2.17. The molecule has 4 rings (SSSR count). The third-order valence-corrected chi connectivity index (χ3v) is 5.63. The lowest BCUT2D eigenvalue weighted by molar-refractivity contribution is -0.384. The van der Waals surface area contributed by atoms with Crippen molar-refractivity contribution in [2.24, 2.45) is 7.05 Å². The fourth-order valence-electron chi connectivity index (χ4n) is 3.64. The second-order valence-corrected chi connectivity index (χ2v) is 8.13. The molecule has 0 bridgehead atoms. The molecule has 1 amide bonds. The maximum Gasteiger partial charge on any atom is 0.293 e. The highest BCUT2D eigenvalue weighted by molar-refractivity contribution is 6.07. The van der Waals surface area contributed by atoms with Gasteiger partial charge in [-0.15, -0.1) is 0 Å². The molecule has 1 aromatic heterocycles. The van der Waals surface area contributed by atoms with E-state index in [1.54, 1.807) is 42.1 Å². The number of rotatable bonds is 8. The Bertz CT molecular complexity index is 1430. The summed E-state index contributed by atoms with van der Waals surface area (Å²) < 4.78 is 14.6. The molecule has 0 saturated heterocycles. The van der Waals surface area contributed by atoms with Crippen molar-refractivity contribution in [3.8, 4) is 0 Å². The maximum absolute atomic E-state index is 13.1. The number of hydrogen-bond donors (Lipinski definition) is 2. The highest BCUT2D eigenvalue weighted by Gasteiger charge is 2.21. The summed E-state index contributed by atoms with van der Waals surface area (Å²) in [7, 11) is 1.67. The van der Waals surface area contributed by atoms with Crippen LogP contribution in [0.2, 0.25) is 0 Å². The van der Waals surface area contributed by atoms with Crippen molar-refractivity contribution in [3.05, 3.63) is 118 Å². The maximum atomic E-state index is 13.1. The van der Waals surface area contributed by atoms with E-state index < -0.39 is 16.5 Å². The van der Waals surface area contributed by atoms with E-state index in [4.69, 9.17) is 0 Å². The molecular weight excluding hydrogens is 465 g/mol. The Kier molecular flexibility index (Phi) is 6.86. The summed E-state index contributed by atoms with van der Waals surface area (Å²) in [5.74, 6) is -1.02. The molecule has 0 aliphatic rings. The summed E-state index contributed by atoms with van der Waals surface area (Å²) in [4.78, 5) is 40.2. The standard InChI is InChI=1S/C26H22FN5O4/c1-16(17-5-10-21(11-6-17)30-26(34)18-3-8-20(27)9-4-18)29-22-12-7-19(15-23(22)32(35)36)24(33)25-28-13-14-31(25)2/h3-16,29H,1-2H3,(H,30,34). The fraction of sp³-hybridized carbons (Fsp3) is 0.115. The predicted octanol–water partition coefficient (Wildman–Crippen LogP) is 5.12. The van der Waals surface area contributed by atoms with Gasteiger partial charge in [-0.3, -0.25) is 19.7 Å². The number of nitro benzene ring substituents is 1. The number of hydrogen-bond acceptors (Lipinski definition) is 6. The molecule has 9 nitrogen and oxygen atoms in total. The predicted molar refractivity (Wildman–Crippen MR) is 133 cm³/mol. The minimum atomic E-state index is -0.543. The van der Waals surface area contributed by atoms with E-state index in [2.05, 4.69) is 15.6 Å². The van der Waals surface area contributed by atoms with E-state index in [9.17, 15) is 24.1 Å². The molecule has 1 atom stereocenters. The van der Waals surface area contributed by atoms with Crippen molar-refractivity contribution in [3.63, 3.8) is 0 Å². The minimum absolute atomic E-state index is 0.162. The van der Waals surface area contributed by atoms with Crippen LogP contribution in [0.25, 0.3) is 0 Å². The number of imidazole rings is 1. The van der Waals surface area contributed by atoms with E-state index in [-0.39, 0.29) is 34.7 Å². The van der Waals surface area contributed by atoms with Crippen molar-refractivity contribution in [1.29, 1.82) is 0 Å². The van der Waals surface area contributed by atoms with Gasteiger partial charge in [-0.1, -0.05) is 12.1 Å². The van der Waals surface area contributed by atoms with E-state index >= 15 is 0 Å². The van der Waals surface area contributed by atoms with E-state index in [1.807, 2.05) is 6.92 Å². The zero-order chi connectivity index (χ0) is 25.8. The van der Waals surface area contributed by atoms with Gasteiger partial charge in [0.05, 0.1) is 4.92 Å². The molecule has 0 fully saturated rings. The van der Waals surface area contributed by atoms with Crippen LogP contribution in [0.4, 0.5) is 21.5 Å². The van der Waals surface area contributed by atoms with Gasteiger partial charge in [0.1, 0.15) is 11.5 Å². The Hall–Kier alpha value is -4.86. The van der Waals surface area contributed by atoms with Crippen LogP contribution >= 0.6 is 0 Å². The third-order valence-electron chi connectivity index (χ3n) is 5.63. The molecule has 3 aromatic carbocycles. The molecule has 2 N–H and O–H groups in total. The van der Waals surface area contributed by atoms with Crippen molar-refractivity contribution in [1.82, 2.24) is 9.55 Å². The average Bonchev–Trinajstić information content (AvgIpc) is 3.30. The van der Waals surface area contributed by atoms with Crippen molar-refractivity contribution in [2.45, 2.75) is 13.0 Å².